The van der Waals surface area contributed by atoms with Crippen molar-refractivity contribution in [2.45, 2.75) is 16.2 Å². The average Bonchev–Trinajstić information content (AvgIpc) is 3.22. The molecule has 4 heterocycles. The van der Waals surface area contributed by atoms with E-state index in [1.165, 1.54) is 11.8 Å². The van der Waals surface area contributed by atoms with E-state index in [4.69, 9.17) is 0 Å². The predicted octanol–water partition coefficient (Wildman–Crippen LogP) is 1.80. The van der Waals surface area contributed by atoms with Gasteiger partial charge in [-0.3, -0.25) is 19.7 Å². The van der Waals surface area contributed by atoms with Gasteiger partial charge in [-0.15, -0.1) is 0 Å². The molecule has 120 valence electrons. The summed E-state index contributed by atoms with van der Waals surface area (Å²) in [5, 5.41) is 3.64. The zero-order chi connectivity index (χ0) is 16.4. The molecular weight excluding hydrogens is 346 g/mol. The SMILES string of the molecule is O=C1NC(=O)[C@H]2Sc3[nH]c(=O)sc3[C@H](c3c[nH]c4ccccc34)[C@H]12. The molecule has 3 atom stereocenters. The van der Waals surface area contributed by atoms with Crippen LogP contribution in [0.2, 0.25) is 0 Å². The first kappa shape index (κ1) is 14.1. The third-order valence-corrected chi connectivity index (χ3v) is 7.03. The number of nitrogens with one attached hydrogen (secondary N) is 3. The lowest BCUT2D eigenvalue weighted by Gasteiger charge is -2.29. The Hall–Kier alpha value is -2.32. The Morgan fingerprint density at radius 2 is 1.88 bits per heavy atom. The third-order valence-electron chi connectivity index (χ3n) is 4.62. The van der Waals surface area contributed by atoms with E-state index < -0.39 is 11.2 Å². The van der Waals surface area contributed by atoms with E-state index in [0.717, 1.165) is 32.7 Å². The number of hydrogen-bond donors (Lipinski definition) is 3. The number of benzene rings is 1. The average molecular weight is 357 g/mol. The molecular formula is C16H11N3O3S2. The van der Waals surface area contributed by atoms with Gasteiger partial charge < -0.3 is 9.97 Å². The minimum absolute atomic E-state index is 0.162. The summed E-state index contributed by atoms with van der Waals surface area (Å²) in [6.07, 6.45) is 1.88. The molecule has 2 amide bonds. The Balaban J connectivity index is 1.79. The molecule has 0 spiro atoms. The molecule has 2 aliphatic rings. The number of amides is 2. The first-order valence-corrected chi connectivity index (χ1v) is 9.13. The van der Waals surface area contributed by atoms with Crippen molar-refractivity contribution in [1.29, 1.82) is 0 Å². The molecule has 2 aliphatic heterocycles. The maximum absolute atomic E-state index is 12.4. The Morgan fingerprint density at radius 1 is 1.04 bits per heavy atom. The molecule has 3 aromatic rings. The first-order chi connectivity index (χ1) is 11.6. The van der Waals surface area contributed by atoms with Gasteiger partial charge in [0.25, 0.3) is 0 Å². The van der Waals surface area contributed by atoms with Crippen LogP contribution in [0.25, 0.3) is 10.9 Å². The molecule has 2 aromatic heterocycles. The van der Waals surface area contributed by atoms with Crippen LogP contribution in [0.1, 0.15) is 16.4 Å². The highest BCUT2D eigenvalue weighted by atomic mass is 32.2. The lowest BCUT2D eigenvalue weighted by atomic mass is 9.83. The molecule has 1 saturated heterocycles. The van der Waals surface area contributed by atoms with Crippen LogP contribution in [0.4, 0.5) is 0 Å². The second kappa shape index (κ2) is 4.84. The smallest absolute Gasteiger partial charge is 0.305 e. The Kier molecular flexibility index (Phi) is 2.84. The first-order valence-electron chi connectivity index (χ1n) is 7.44. The summed E-state index contributed by atoms with van der Waals surface area (Å²) in [5.74, 6) is -1.35. The van der Waals surface area contributed by atoms with Crippen molar-refractivity contribution in [2.24, 2.45) is 5.92 Å². The monoisotopic (exact) mass is 357 g/mol. The van der Waals surface area contributed by atoms with Gasteiger partial charge in [-0.05, 0) is 11.6 Å². The molecule has 0 unspecified atom stereocenters. The molecule has 0 bridgehead atoms. The van der Waals surface area contributed by atoms with Gasteiger partial charge >= 0.3 is 4.87 Å². The Labute approximate surface area is 143 Å². The van der Waals surface area contributed by atoms with E-state index in [9.17, 15) is 14.4 Å². The number of rotatable bonds is 1. The van der Waals surface area contributed by atoms with Crippen molar-refractivity contribution < 1.29 is 9.59 Å². The molecule has 3 N–H and O–H groups in total. The van der Waals surface area contributed by atoms with Gasteiger partial charge in [0, 0.05) is 27.9 Å². The van der Waals surface area contributed by atoms with Gasteiger partial charge in [0.2, 0.25) is 11.8 Å². The lowest BCUT2D eigenvalue weighted by molar-refractivity contribution is -0.125. The topological polar surface area (TPSA) is 94.8 Å². The van der Waals surface area contributed by atoms with E-state index in [1.54, 1.807) is 0 Å². The van der Waals surface area contributed by atoms with Crippen LogP contribution >= 0.6 is 23.1 Å². The number of aromatic amines is 2. The summed E-state index contributed by atoms with van der Waals surface area (Å²) >= 11 is 2.40. The number of imide groups is 1. The number of hydrogen-bond acceptors (Lipinski definition) is 5. The molecule has 24 heavy (non-hydrogen) atoms. The van der Waals surface area contributed by atoms with Crippen molar-refractivity contribution in [3.8, 4) is 0 Å². The highest BCUT2D eigenvalue weighted by molar-refractivity contribution is 8.00. The fourth-order valence-corrected chi connectivity index (χ4v) is 6.10. The summed E-state index contributed by atoms with van der Waals surface area (Å²) in [4.78, 5) is 43.2. The summed E-state index contributed by atoms with van der Waals surface area (Å²) in [6, 6.07) is 7.83. The minimum atomic E-state index is -0.506. The second-order valence-electron chi connectivity index (χ2n) is 5.89. The zero-order valence-electron chi connectivity index (χ0n) is 12.2. The van der Waals surface area contributed by atoms with Crippen molar-refractivity contribution in [2.75, 3.05) is 0 Å². The van der Waals surface area contributed by atoms with Gasteiger partial charge in [0.1, 0.15) is 5.25 Å². The Morgan fingerprint density at radius 3 is 2.75 bits per heavy atom. The van der Waals surface area contributed by atoms with Crippen LogP contribution < -0.4 is 10.2 Å². The van der Waals surface area contributed by atoms with E-state index in [0.29, 0.717) is 5.03 Å². The Bertz CT molecular complexity index is 1060. The standard InChI is InChI=1S/C16H11N3O3S2/c20-13-10-9(7-5-17-8-4-2-1-3-6(7)8)12-15(19-16(22)24-12)23-11(10)14(21)18-13/h1-5,9-11,17H,(H,19,22)(H,18,20,21)/t9-,10+,11+/m1/s1. The maximum atomic E-state index is 12.4. The molecule has 6 nitrogen and oxygen atoms in total. The van der Waals surface area contributed by atoms with Crippen LogP contribution in [0, 0.1) is 5.92 Å². The van der Waals surface area contributed by atoms with Crippen LogP contribution in [0.5, 0.6) is 0 Å². The third kappa shape index (κ3) is 1.81. The van der Waals surface area contributed by atoms with Gasteiger partial charge in [-0.25, -0.2) is 0 Å². The lowest BCUT2D eigenvalue weighted by Crippen LogP contribution is -2.31. The van der Waals surface area contributed by atoms with E-state index in [2.05, 4.69) is 15.3 Å². The summed E-state index contributed by atoms with van der Waals surface area (Å²) in [6.45, 7) is 0. The number of carbonyl (C=O) groups excluding carboxylic acids is 2. The number of carbonyl (C=O) groups is 2. The summed E-state index contributed by atoms with van der Waals surface area (Å²) < 4.78 is 0. The fourth-order valence-electron chi connectivity index (χ4n) is 3.62. The van der Waals surface area contributed by atoms with Crippen LogP contribution in [0.3, 0.4) is 0 Å². The van der Waals surface area contributed by atoms with Crippen LogP contribution in [-0.4, -0.2) is 27.0 Å². The molecule has 0 radical (unpaired) electrons. The number of para-hydroxylation sites is 1. The van der Waals surface area contributed by atoms with E-state index in [-0.39, 0.29) is 22.6 Å². The summed E-state index contributed by atoms with van der Waals surface area (Å²) in [7, 11) is 0. The zero-order valence-corrected chi connectivity index (χ0v) is 13.8. The van der Waals surface area contributed by atoms with Gasteiger partial charge in [0.05, 0.1) is 10.9 Å². The van der Waals surface area contributed by atoms with Gasteiger partial charge in [-0.1, -0.05) is 41.3 Å². The second-order valence-corrected chi connectivity index (χ2v) is 8.06. The van der Waals surface area contributed by atoms with E-state index in [1.807, 2.05) is 30.5 Å². The predicted molar refractivity (Wildman–Crippen MR) is 91.4 cm³/mol. The van der Waals surface area contributed by atoms with Crippen molar-refractivity contribution in [3.05, 3.63) is 50.6 Å². The maximum Gasteiger partial charge on any atom is 0.305 e. The molecule has 5 rings (SSSR count). The number of H-pyrrole nitrogens is 2. The number of aromatic nitrogens is 2. The fraction of sp³-hybridized carbons (Fsp3) is 0.188. The van der Waals surface area contributed by atoms with Crippen LogP contribution in [-0.2, 0) is 9.59 Å². The molecule has 1 aromatic carbocycles. The normalized spacial score (nSPS) is 25.6. The molecule has 0 aliphatic carbocycles. The highest BCUT2D eigenvalue weighted by Gasteiger charge is 2.52. The van der Waals surface area contributed by atoms with Crippen molar-refractivity contribution >= 4 is 45.8 Å². The molecule has 1 fully saturated rings. The highest BCUT2D eigenvalue weighted by Crippen LogP contribution is 2.51. The number of fused-ring (bicyclic) bond motifs is 3. The van der Waals surface area contributed by atoms with Gasteiger partial charge in [0.15, 0.2) is 0 Å². The van der Waals surface area contributed by atoms with Crippen molar-refractivity contribution in [3.63, 3.8) is 0 Å². The summed E-state index contributed by atoms with van der Waals surface area (Å²) in [5.41, 5.74) is 1.92. The van der Waals surface area contributed by atoms with E-state index >= 15 is 0 Å². The van der Waals surface area contributed by atoms with Crippen molar-refractivity contribution in [1.82, 2.24) is 15.3 Å². The molecule has 0 saturated carbocycles. The quantitative estimate of drug-likeness (QED) is 0.579. The minimum Gasteiger partial charge on any atom is -0.361 e. The number of thiazole rings is 1. The van der Waals surface area contributed by atoms with Gasteiger partial charge in [-0.2, -0.15) is 0 Å². The van der Waals surface area contributed by atoms with Crippen LogP contribution in [0.15, 0.2) is 40.3 Å². The largest absolute Gasteiger partial charge is 0.361 e. The molecule has 8 heteroatoms. The number of thioether (sulfide) groups is 1.